The van der Waals surface area contributed by atoms with E-state index in [1.54, 1.807) is 11.9 Å². The highest BCUT2D eigenvalue weighted by molar-refractivity contribution is 5.84. The summed E-state index contributed by atoms with van der Waals surface area (Å²) in [4.78, 5) is 25.5. The van der Waals surface area contributed by atoms with Crippen LogP contribution in [0, 0.1) is 5.41 Å². The number of aliphatic carboxylic acids is 1. The van der Waals surface area contributed by atoms with E-state index in [-0.39, 0.29) is 12.3 Å². The third-order valence-corrected chi connectivity index (χ3v) is 4.28. The number of carbonyl (C=O) groups excluding carboxylic acids is 1. The first-order valence-electron chi connectivity index (χ1n) is 7.49. The Labute approximate surface area is 116 Å². The molecule has 0 aromatic carbocycles. The quantitative estimate of drug-likeness (QED) is 0.754. The second kappa shape index (κ2) is 7.51. The molecule has 1 amide bonds. The zero-order chi connectivity index (χ0) is 14.3. The van der Waals surface area contributed by atoms with Gasteiger partial charge in [0.1, 0.15) is 0 Å². The van der Waals surface area contributed by atoms with Gasteiger partial charge in [0.05, 0.1) is 5.41 Å². The zero-order valence-electron chi connectivity index (χ0n) is 12.3. The topological polar surface area (TPSA) is 57.6 Å². The molecular formula is C15H27NO3. The van der Waals surface area contributed by atoms with E-state index in [1.807, 2.05) is 0 Å². The van der Waals surface area contributed by atoms with Crippen LogP contribution in [-0.4, -0.2) is 35.5 Å². The Morgan fingerprint density at radius 1 is 1.16 bits per heavy atom. The van der Waals surface area contributed by atoms with Gasteiger partial charge in [-0.25, -0.2) is 0 Å². The highest BCUT2D eigenvalue weighted by Gasteiger charge is 2.41. The predicted molar refractivity (Wildman–Crippen MR) is 74.9 cm³/mol. The molecule has 1 rings (SSSR count). The molecule has 1 fully saturated rings. The van der Waals surface area contributed by atoms with E-state index in [9.17, 15) is 14.7 Å². The van der Waals surface area contributed by atoms with Crippen LogP contribution in [0.3, 0.4) is 0 Å². The fraction of sp³-hybridized carbons (Fsp3) is 0.867. The molecular weight excluding hydrogens is 242 g/mol. The molecule has 0 spiro atoms. The van der Waals surface area contributed by atoms with Gasteiger partial charge in [-0.15, -0.1) is 0 Å². The number of carboxylic acid groups (broad SMARTS) is 1. The van der Waals surface area contributed by atoms with Crippen molar-refractivity contribution < 1.29 is 14.7 Å². The van der Waals surface area contributed by atoms with Crippen molar-refractivity contribution in [3.8, 4) is 0 Å². The van der Waals surface area contributed by atoms with Gasteiger partial charge in [-0.2, -0.15) is 0 Å². The molecule has 1 saturated carbocycles. The number of carboxylic acids is 1. The Morgan fingerprint density at radius 3 is 2.21 bits per heavy atom. The molecule has 0 heterocycles. The summed E-state index contributed by atoms with van der Waals surface area (Å²) in [6.07, 6.45) is 7.53. The third kappa shape index (κ3) is 4.51. The van der Waals surface area contributed by atoms with E-state index in [0.29, 0.717) is 12.8 Å². The van der Waals surface area contributed by atoms with E-state index in [0.717, 1.165) is 45.1 Å². The zero-order valence-corrected chi connectivity index (χ0v) is 12.3. The molecule has 0 radical (unpaired) electrons. The van der Waals surface area contributed by atoms with Gasteiger partial charge in [0.25, 0.3) is 0 Å². The minimum atomic E-state index is -0.811. The van der Waals surface area contributed by atoms with E-state index < -0.39 is 11.4 Å². The molecule has 0 aliphatic heterocycles. The summed E-state index contributed by atoms with van der Waals surface area (Å²) in [6.45, 7) is 2.81. The Bertz CT molecular complexity index is 307. The summed E-state index contributed by atoms with van der Waals surface area (Å²) >= 11 is 0. The van der Waals surface area contributed by atoms with Crippen LogP contribution in [0.5, 0.6) is 0 Å². The number of rotatable bonds is 6. The van der Waals surface area contributed by atoms with E-state index in [4.69, 9.17) is 0 Å². The summed E-state index contributed by atoms with van der Waals surface area (Å²) in [5.74, 6) is -0.801. The minimum absolute atomic E-state index is 0.0160. The lowest BCUT2D eigenvalue weighted by Gasteiger charge is -2.29. The monoisotopic (exact) mass is 269 g/mol. The number of hydrogen-bond acceptors (Lipinski definition) is 2. The van der Waals surface area contributed by atoms with E-state index >= 15 is 0 Å². The van der Waals surface area contributed by atoms with Gasteiger partial charge < -0.3 is 10.0 Å². The molecule has 0 aromatic rings. The molecule has 1 aliphatic rings. The van der Waals surface area contributed by atoms with Crippen LogP contribution in [0.2, 0.25) is 0 Å². The van der Waals surface area contributed by atoms with Crippen molar-refractivity contribution in [2.24, 2.45) is 5.41 Å². The van der Waals surface area contributed by atoms with Crippen LogP contribution in [0.25, 0.3) is 0 Å². The molecule has 0 bridgehead atoms. The van der Waals surface area contributed by atoms with Gasteiger partial charge in [-0.3, -0.25) is 9.59 Å². The Hall–Kier alpha value is -1.06. The number of amides is 1. The lowest BCUT2D eigenvalue weighted by molar-refractivity contribution is -0.154. The summed E-state index contributed by atoms with van der Waals surface area (Å²) in [5.41, 5.74) is -0.811. The molecule has 1 aliphatic carbocycles. The molecule has 0 atom stereocenters. The van der Waals surface area contributed by atoms with Gasteiger partial charge in [-0.05, 0) is 19.3 Å². The molecule has 0 saturated heterocycles. The average Bonchev–Trinajstić information content (AvgIpc) is 2.62. The standard InChI is InChI=1S/C15H27NO3/c1-3-4-11-16(2)13(17)12-15(14(18)19)9-7-5-6-8-10-15/h3-12H2,1-2H3,(H,18,19). The minimum Gasteiger partial charge on any atom is -0.481 e. The van der Waals surface area contributed by atoms with Gasteiger partial charge in [0.15, 0.2) is 0 Å². The molecule has 110 valence electrons. The van der Waals surface area contributed by atoms with Crippen LogP contribution < -0.4 is 0 Å². The van der Waals surface area contributed by atoms with Crippen molar-refractivity contribution in [1.82, 2.24) is 4.90 Å². The van der Waals surface area contributed by atoms with Crippen LogP contribution in [-0.2, 0) is 9.59 Å². The van der Waals surface area contributed by atoms with Crippen molar-refractivity contribution in [3.63, 3.8) is 0 Å². The second-order valence-corrected chi connectivity index (χ2v) is 5.85. The van der Waals surface area contributed by atoms with E-state index in [1.165, 1.54) is 0 Å². The van der Waals surface area contributed by atoms with Crippen molar-refractivity contribution in [3.05, 3.63) is 0 Å². The lowest BCUT2D eigenvalue weighted by atomic mass is 9.77. The van der Waals surface area contributed by atoms with Crippen molar-refractivity contribution in [1.29, 1.82) is 0 Å². The Morgan fingerprint density at radius 2 is 1.74 bits per heavy atom. The molecule has 4 heteroatoms. The van der Waals surface area contributed by atoms with Crippen LogP contribution >= 0.6 is 0 Å². The first-order valence-corrected chi connectivity index (χ1v) is 7.49. The van der Waals surface area contributed by atoms with Gasteiger partial charge in [0.2, 0.25) is 5.91 Å². The smallest absolute Gasteiger partial charge is 0.310 e. The Kier molecular flexibility index (Phi) is 6.32. The maximum absolute atomic E-state index is 12.2. The molecule has 19 heavy (non-hydrogen) atoms. The van der Waals surface area contributed by atoms with Crippen molar-refractivity contribution >= 4 is 11.9 Å². The number of carbonyl (C=O) groups is 2. The summed E-state index contributed by atoms with van der Waals surface area (Å²) in [5, 5.41) is 9.55. The normalized spacial score (nSPS) is 18.6. The fourth-order valence-electron chi connectivity index (χ4n) is 2.82. The van der Waals surface area contributed by atoms with Crippen LogP contribution in [0.4, 0.5) is 0 Å². The highest BCUT2D eigenvalue weighted by atomic mass is 16.4. The predicted octanol–water partition coefficient (Wildman–Crippen LogP) is 3.06. The molecule has 0 aromatic heterocycles. The van der Waals surface area contributed by atoms with Gasteiger partial charge >= 0.3 is 5.97 Å². The number of hydrogen-bond donors (Lipinski definition) is 1. The largest absolute Gasteiger partial charge is 0.481 e. The van der Waals surface area contributed by atoms with Crippen molar-refractivity contribution in [2.45, 2.75) is 64.7 Å². The Balaban J connectivity index is 2.67. The molecule has 0 unspecified atom stereocenters. The molecule has 4 nitrogen and oxygen atoms in total. The maximum atomic E-state index is 12.2. The fourth-order valence-corrected chi connectivity index (χ4v) is 2.82. The SMILES string of the molecule is CCCCN(C)C(=O)CC1(C(=O)O)CCCCCC1. The highest BCUT2D eigenvalue weighted by Crippen LogP contribution is 2.38. The van der Waals surface area contributed by atoms with Crippen LogP contribution in [0.15, 0.2) is 0 Å². The molecule has 1 N–H and O–H groups in total. The third-order valence-electron chi connectivity index (χ3n) is 4.28. The maximum Gasteiger partial charge on any atom is 0.310 e. The van der Waals surface area contributed by atoms with Crippen molar-refractivity contribution in [2.75, 3.05) is 13.6 Å². The second-order valence-electron chi connectivity index (χ2n) is 5.85. The summed E-state index contributed by atoms with van der Waals surface area (Å²) in [7, 11) is 1.78. The number of nitrogens with zero attached hydrogens (tertiary/aromatic N) is 1. The summed E-state index contributed by atoms with van der Waals surface area (Å²) in [6, 6.07) is 0. The van der Waals surface area contributed by atoms with E-state index in [2.05, 4.69) is 6.92 Å². The first-order chi connectivity index (χ1) is 9.02. The summed E-state index contributed by atoms with van der Waals surface area (Å²) < 4.78 is 0. The first kappa shape index (κ1) is 16.0. The van der Waals surface area contributed by atoms with Gasteiger partial charge in [-0.1, -0.05) is 39.0 Å². The number of unbranched alkanes of at least 4 members (excludes halogenated alkanes) is 1. The van der Waals surface area contributed by atoms with Gasteiger partial charge in [0, 0.05) is 20.0 Å². The van der Waals surface area contributed by atoms with Crippen LogP contribution in [0.1, 0.15) is 64.7 Å². The average molecular weight is 269 g/mol. The lowest BCUT2D eigenvalue weighted by Crippen LogP contribution is -2.38.